The van der Waals surface area contributed by atoms with E-state index in [0.29, 0.717) is 5.82 Å². The van der Waals surface area contributed by atoms with Crippen LogP contribution in [0, 0.1) is 0 Å². The van der Waals surface area contributed by atoms with Crippen LogP contribution >= 0.6 is 0 Å². The standard InChI is InChI=1S/C60H42N4/c1-60(2)48-29-17-15-27-45(48)57-49(60)32-34-56-58(57)46-28-16-18-30-54(46)64(56)55-33-31-43(44-36-50(39-19-7-3-8-20-39)61-51(37-44)40-21-9-4-10-22-40)35-47(55)53-38-52(41-23-11-5-12-24-41)62-59(63-53)42-25-13-6-14-26-42/h3-38H,1-2H3. The van der Waals surface area contributed by atoms with Gasteiger partial charge in [-0.15, -0.1) is 0 Å². The lowest BCUT2D eigenvalue weighted by Gasteiger charge is -2.21. The van der Waals surface area contributed by atoms with E-state index in [4.69, 9.17) is 15.0 Å². The fourth-order valence-electron chi connectivity index (χ4n) is 9.90. The van der Waals surface area contributed by atoms with Crippen LogP contribution in [0.3, 0.4) is 0 Å². The van der Waals surface area contributed by atoms with Crippen LogP contribution in [0.5, 0.6) is 0 Å². The molecule has 0 radical (unpaired) electrons. The minimum atomic E-state index is -0.124. The molecule has 4 nitrogen and oxygen atoms in total. The first-order valence-corrected chi connectivity index (χ1v) is 21.9. The first-order chi connectivity index (χ1) is 31.5. The van der Waals surface area contributed by atoms with E-state index in [2.05, 4.69) is 200 Å². The zero-order valence-corrected chi connectivity index (χ0v) is 35.6. The summed E-state index contributed by atoms with van der Waals surface area (Å²) in [5.41, 5.74) is 19.4. The van der Waals surface area contributed by atoms with Crippen molar-refractivity contribution in [3.8, 4) is 84.4 Å². The summed E-state index contributed by atoms with van der Waals surface area (Å²) in [5, 5.41) is 2.50. The second-order valence-corrected chi connectivity index (χ2v) is 17.2. The van der Waals surface area contributed by atoms with Crippen LogP contribution in [0.2, 0.25) is 0 Å². The molecular weight excluding hydrogens is 777 g/mol. The Morgan fingerprint density at radius 2 is 0.906 bits per heavy atom. The van der Waals surface area contributed by atoms with Crippen molar-refractivity contribution in [1.82, 2.24) is 19.5 Å². The van der Waals surface area contributed by atoms with Crippen molar-refractivity contribution in [3.63, 3.8) is 0 Å². The van der Waals surface area contributed by atoms with Gasteiger partial charge in [0.1, 0.15) is 0 Å². The minimum Gasteiger partial charge on any atom is -0.309 e. The summed E-state index contributed by atoms with van der Waals surface area (Å²) in [7, 11) is 0. The van der Waals surface area contributed by atoms with Crippen LogP contribution in [-0.2, 0) is 5.41 Å². The van der Waals surface area contributed by atoms with Crippen LogP contribution in [0.4, 0.5) is 0 Å². The summed E-state index contributed by atoms with van der Waals surface area (Å²) in [5.74, 6) is 0.675. The summed E-state index contributed by atoms with van der Waals surface area (Å²) >= 11 is 0. The molecule has 3 aromatic heterocycles. The van der Waals surface area contributed by atoms with Gasteiger partial charge in [-0.2, -0.15) is 0 Å². The van der Waals surface area contributed by atoms with Crippen molar-refractivity contribution in [2.45, 2.75) is 19.3 Å². The predicted molar refractivity (Wildman–Crippen MR) is 264 cm³/mol. The molecule has 0 N–H and O–H groups in total. The number of hydrogen-bond donors (Lipinski definition) is 0. The van der Waals surface area contributed by atoms with Gasteiger partial charge in [0, 0.05) is 44.0 Å². The van der Waals surface area contributed by atoms with Crippen LogP contribution in [0.15, 0.2) is 218 Å². The Balaban J connectivity index is 1.17. The maximum atomic E-state index is 5.46. The monoisotopic (exact) mass is 818 g/mol. The van der Waals surface area contributed by atoms with Crippen molar-refractivity contribution in [2.75, 3.05) is 0 Å². The Morgan fingerprint density at radius 1 is 0.359 bits per heavy atom. The first-order valence-electron chi connectivity index (χ1n) is 21.9. The van der Waals surface area contributed by atoms with Crippen LogP contribution in [0.1, 0.15) is 25.0 Å². The molecule has 3 heterocycles. The lowest BCUT2D eigenvalue weighted by molar-refractivity contribution is 0.661. The second kappa shape index (κ2) is 15.0. The Labute approximate surface area is 372 Å². The lowest BCUT2D eigenvalue weighted by Crippen LogP contribution is -2.14. The van der Waals surface area contributed by atoms with Gasteiger partial charge in [0.25, 0.3) is 0 Å². The minimum absolute atomic E-state index is 0.124. The molecule has 302 valence electrons. The molecule has 12 rings (SSSR count). The van der Waals surface area contributed by atoms with Gasteiger partial charge in [-0.3, -0.25) is 0 Å². The summed E-state index contributed by atoms with van der Waals surface area (Å²) in [6.45, 7) is 4.71. The van der Waals surface area contributed by atoms with E-state index >= 15 is 0 Å². The number of nitrogens with zero attached hydrogens (tertiary/aromatic N) is 4. The quantitative estimate of drug-likeness (QED) is 0.161. The highest BCUT2D eigenvalue weighted by molar-refractivity contribution is 6.18. The summed E-state index contributed by atoms with van der Waals surface area (Å²) in [4.78, 5) is 15.9. The zero-order valence-electron chi connectivity index (χ0n) is 35.6. The molecular formula is C60H42N4. The van der Waals surface area contributed by atoms with Crippen molar-refractivity contribution in [3.05, 3.63) is 230 Å². The number of para-hydroxylation sites is 1. The van der Waals surface area contributed by atoms with E-state index in [0.717, 1.165) is 78.4 Å². The molecule has 0 saturated heterocycles. The van der Waals surface area contributed by atoms with Gasteiger partial charge in [-0.25, -0.2) is 15.0 Å². The third-order valence-corrected chi connectivity index (χ3v) is 13.0. The van der Waals surface area contributed by atoms with E-state index < -0.39 is 0 Å². The Hall–Kier alpha value is -8.21. The Morgan fingerprint density at radius 3 is 1.56 bits per heavy atom. The fraction of sp³-hybridized carbons (Fsp3) is 0.0500. The highest BCUT2D eigenvalue weighted by Gasteiger charge is 2.37. The Bertz CT molecular complexity index is 3440. The van der Waals surface area contributed by atoms with Crippen LogP contribution < -0.4 is 0 Å². The highest BCUT2D eigenvalue weighted by Crippen LogP contribution is 2.53. The predicted octanol–water partition coefficient (Wildman–Crippen LogP) is 15.3. The van der Waals surface area contributed by atoms with Gasteiger partial charge in [0.15, 0.2) is 5.82 Å². The largest absolute Gasteiger partial charge is 0.309 e. The number of rotatable bonds is 7. The van der Waals surface area contributed by atoms with Crippen molar-refractivity contribution in [2.24, 2.45) is 0 Å². The molecule has 0 unspecified atom stereocenters. The van der Waals surface area contributed by atoms with E-state index in [-0.39, 0.29) is 5.41 Å². The molecule has 0 amide bonds. The van der Waals surface area contributed by atoms with Crippen molar-refractivity contribution >= 4 is 21.8 Å². The molecule has 0 atom stereocenters. The number of hydrogen-bond acceptors (Lipinski definition) is 3. The van der Waals surface area contributed by atoms with Gasteiger partial charge < -0.3 is 4.57 Å². The smallest absolute Gasteiger partial charge is 0.160 e. The topological polar surface area (TPSA) is 43.6 Å². The highest BCUT2D eigenvalue weighted by atomic mass is 15.0. The van der Waals surface area contributed by atoms with Crippen molar-refractivity contribution in [1.29, 1.82) is 0 Å². The average molecular weight is 819 g/mol. The SMILES string of the molecule is CC1(C)c2ccccc2-c2c1ccc1c2c2ccccc2n1-c1ccc(-c2cc(-c3ccccc3)nc(-c3ccccc3)c2)cc1-c1cc(-c2ccccc2)nc(-c2ccccc2)n1. The lowest BCUT2D eigenvalue weighted by atomic mass is 9.82. The van der Waals surface area contributed by atoms with Gasteiger partial charge in [-0.1, -0.05) is 190 Å². The molecule has 1 aliphatic rings. The molecule has 1 aliphatic carbocycles. The molecule has 0 fully saturated rings. The number of benzene rings is 8. The summed E-state index contributed by atoms with van der Waals surface area (Å²) in [6, 6.07) is 77.6. The summed E-state index contributed by atoms with van der Waals surface area (Å²) in [6.07, 6.45) is 0. The maximum Gasteiger partial charge on any atom is 0.160 e. The molecule has 4 heteroatoms. The molecule has 11 aromatic rings. The van der Waals surface area contributed by atoms with Crippen LogP contribution in [0.25, 0.3) is 106 Å². The van der Waals surface area contributed by atoms with E-state index in [1.165, 1.54) is 33.0 Å². The summed E-state index contributed by atoms with van der Waals surface area (Å²) < 4.78 is 2.46. The zero-order chi connectivity index (χ0) is 42.8. The number of fused-ring (bicyclic) bond motifs is 7. The number of aromatic nitrogens is 4. The molecule has 64 heavy (non-hydrogen) atoms. The molecule has 0 aliphatic heterocycles. The van der Waals surface area contributed by atoms with Gasteiger partial charge in [0.2, 0.25) is 0 Å². The first kappa shape index (κ1) is 37.5. The molecule has 0 spiro atoms. The maximum absolute atomic E-state index is 5.46. The fourth-order valence-corrected chi connectivity index (χ4v) is 9.90. The van der Waals surface area contributed by atoms with Gasteiger partial charge >= 0.3 is 0 Å². The second-order valence-electron chi connectivity index (χ2n) is 17.2. The van der Waals surface area contributed by atoms with Gasteiger partial charge in [0.05, 0.1) is 39.5 Å². The van der Waals surface area contributed by atoms with Crippen molar-refractivity contribution < 1.29 is 0 Å². The molecule has 8 aromatic carbocycles. The molecule has 0 bridgehead atoms. The number of pyridine rings is 1. The van der Waals surface area contributed by atoms with E-state index in [1.807, 2.05) is 36.4 Å². The van der Waals surface area contributed by atoms with Gasteiger partial charge in [-0.05, 0) is 75.8 Å². The average Bonchev–Trinajstić information content (AvgIpc) is 3.82. The van der Waals surface area contributed by atoms with Crippen LogP contribution in [-0.4, -0.2) is 19.5 Å². The normalized spacial score (nSPS) is 12.7. The molecule has 0 saturated carbocycles. The third kappa shape index (κ3) is 6.18. The third-order valence-electron chi connectivity index (χ3n) is 13.0. The Kier molecular flexibility index (Phi) is 8.80. The van der Waals surface area contributed by atoms with E-state index in [9.17, 15) is 0 Å². The van der Waals surface area contributed by atoms with E-state index in [1.54, 1.807) is 0 Å².